The third-order valence-corrected chi connectivity index (χ3v) is 10.3. The molecule has 3 aromatic rings. The van der Waals surface area contributed by atoms with Crippen molar-refractivity contribution in [3.63, 3.8) is 0 Å². The number of amides is 5. The van der Waals surface area contributed by atoms with Crippen LogP contribution in [0.2, 0.25) is 0 Å². The van der Waals surface area contributed by atoms with Crippen LogP contribution in [0, 0.1) is 17.0 Å². The number of imide groups is 1. The van der Waals surface area contributed by atoms with Gasteiger partial charge < -0.3 is 49.5 Å². The summed E-state index contributed by atoms with van der Waals surface area (Å²) in [6, 6.07) is 12.9. The van der Waals surface area contributed by atoms with Crippen LogP contribution in [-0.4, -0.2) is 148 Å². The number of halogens is 5. The second-order valence-electron chi connectivity index (χ2n) is 16.7. The molecule has 0 radical (unpaired) electrons. The number of hydrogen-bond donors (Lipinski definition) is 3. The summed E-state index contributed by atoms with van der Waals surface area (Å²) in [6.45, 7) is 6.40. The van der Waals surface area contributed by atoms with E-state index in [1.54, 1.807) is 16.8 Å². The Balaban J connectivity index is 1.30. The zero-order valence-corrected chi connectivity index (χ0v) is 38.7. The van der Waals surface area contributed by atoms with Crippen molar-refractivity contribution < 1.29 is 74.4 Å². The fourth-order valence-corrected chi connectivity index (χ4v) is 7.10. The number of carbonyl (C=O) groups is 6. The van der Waals surface area contributed by atoms with Crippen LogP contribution in [0.1, 0.15) is 50.9 Å². The highest BCUT2D eigenvalue weighted by Crippen LogP contribution is 2.41. The van der Waals surface area contributed by atoms with Gasteiger partial charge in [0.05, 0.1) is 65.3 Å². The van der Waals surface area contributed by atoms with E-state index in [0.29, 0.717) is 11.3 Å². The Morgan fingerprint density at radius 1 is 0.783 bits per heavy atom. The van der Waals surface area contributed by atoms with Gasteiger partial charge in [0.25, 0.3) is 17.7 Å². The summed E-state index contributed by atoms with van der Waals surface area (Å²) in [5.41, 5.74) is 6.60. The molecule has 4 N–H and O–H groups in total. The first-order valence-electron chi connectivity index (χ1n) is 22.2. The first-order chi connectivity index (χ1) is 32.8. The van der Waals surface area contributed by atoms with Gasteiger partial charge in [0.15, 0.2) is 6.10 Å². The molecule has 378 valence electrons. The average molecular weight is 979 g/mol. The minimum atomic E-state index is -5.49. The summed E-state index contributed by atoms with van der Waals surface area (Å²) in [6.07, 6.45) is -4.65. The zero-order chi connectivity index (χ0) is 50.6. The smallest absolute Gasteiger partial charge is 0.445 e. The predicted octanol–water partition coefficient (Wildman–Crippen LogP) is 3.83. The molecule has 69 heavy (non-hydrogen) atoms. The molecule has 0 bridgehead atoms. The fourth-order valence-electron chi connectivity index (χ4n) is 7.10. The monoisotopic (exact) mass is 978 g/mol. The van der Waals surface area contributed by atoms with Crippen molar-refractivity contribution in [2.24, 2.45) is 11.1 Å². The van der Waals surface area contributed by atoms with Crippen LogP contribution in [0.4, 0.5) is 22.0 Å². The number of nitrogens with zero attached hydrogens (tertiary/aromatic N) is 3. The molecule has 5 amide bonds. The molecule has 0 aliphatic carbocycles. The van der Waals surface area contributed by atoms with E-state index in [-0.39, 0.29) is 104 Å². The van der Waals surface area contributed by atoms with E-state index >= 15 is 4.39 Å². The Morgan fingerprint density at radius 3 is 1.93 bits per heavy atom. The van der Waals surface area contributed by atoms with Crippen LogP contribution in [0.25, 0.3) is 11.1 Å². The number of hydrogen-bond acceptors (Lipinski definition) is 12. The van der Waals surface area contributed by atoms with E-state index in [2.05, 4.69) is 15.4 Å². The van der Waals surface area contributed by atoms with Crippen LogP contribution < -0.4 is 16.4 Å². The van der Waals surface area contributed by atoms with E-state index in [1.165, 1.54) is 4.90 Å². The highest BCUT2D eigenvalue weighted by molar-refractivity contribution is 6.14. The lowest BCUT2D eigenvalue weighted by Crippen LogP contribution is -2.48. The Hall–Kier alpha value is -6.07. The Labute approximate surface area is 396 Å². The molecule has 1 unspecified atom stereocenters. The topological polar surface area (TPSA) is 210 Å². The maximum absolute atomic E-state index is 15.2. The van der Waals surface area contributed by atoms with Gasteiger partial charge in [-0.2, -0.15) is 13.2 Å². The van der Waals surface area contributed by atoms with Crippen molar-refractivity contribution in [2.75, 3.05) is 85.6 Å². The molecule has 22 heteroatoms. The summed E-state index contributed by atoms with van der Waals surface area (Å²) in [5.74, 6) is -7.69. The maximum Gasteiger partial charge on any atom is 0.490 e. The maximum atomic E-state index is 15.2. The van der Waals surface area contributed by atoms with Crippen molar-refractivity contribution in [2.45, 2.75) is 58.5 Å². The molecule has 1 aromatic heterocycles. The number of alkyl halides is 3. The minimum Gasteiger partial charge on any atom is -0.445 e. The van der Waals surface area contributed by atoms with Crippen LogP contribution in [0.15, 0.2) is 72.9 Å². The van der Waals surface area contributed by atoms with Gasteiger partial charge in [0.2, 0.25) is 11.8 Å². The molecule has 2 atom stereocenters. The van der Waals surface area contributed by atoms with Gasteiger partial charge in [-0.1, -0.05) is 51.1 Å². The highest BCUT2D eigenvalue weighted by atomic mass is 19.4. The molecule has 0 saturated carbocycles. The van der Waals surface area contributed by atoms with Crippen molar-refractivity contribution in [3.05, 3.63) is 95.8 Å². The minimum absolute atomic E-state index is 0.0342. The van der Waals surface area contributed by atoms with Crippen molar-refractivity contribution in [1.82, 2.24) is 25.0 Å². The van der Waals surface area contributed by atoms with Crippen molar-refractivity contribution >= 4 is 35.5 Å². The van der Waals surface area contributed by atoms with Gasteiger partial charge in [0.1, 0.15) is 18.2 Å². The van der Waals surface area contributed by atoms with E-state index in [0.717, 1.165) is 40.8 Å². The lowest BCUT2D eigenvalue weighted by atomic mass is 9.82. The van der Waals surface area contributed by atoms with Crippen molar-refractivity contribution in [1.29, 1.82) is 0 Å². The molecule has 1 aliphatic rings. The van der Waals surface area contributed by atoms with Crippen LogP contribution in [-0.2, 0) is 59.0 Å². The molecule has 17 nitrogen and oxygen atoms in total. The van der Waals surface area contributed by atoms with Gasteiger partial charge in [-0.15, -0.1) is 0 Å². The predicted molar refractivity (Wildman–Crippen MR) is 239 cm³/mol. The lowest BCUT2D eigenvalue weighted by Gasteiger charge is -2.41. The van der Waals surface area contributed by atoms with Gasteiger partial charge >= 0.3 is 12.1 Å². The van der Waals surface area contributed by atoms with Gasteiger partial charge in [-0.3, -0.25) is 28.9 Å². The Bertz CT molecular complexity index is 2200. The first-order valence-corrected chi connectivity index (χ1v) is 22.2. The number of aromatic nitrogens is 1. The molecular formula is C47H59F5N6O11. The van der Waals surface area contributed by atoms with E-state index in [1.807, 2.05) is 51.1 Å². The number of nitrogens with two attached hydrogens (primary N) is 1. The van der Waals surface area contributed by atoms with E-state index in [4.69, 9.17) is 24.7 Å². The Morgan fingerprint density at radius 2 is 1.36 bits per heavy atom. The lowest BCUT2D eigenvalue weighted by molar-refractivity contribution is -0.205. The summed E-state index contributed by atoms with van der Waals surface area (Å²) >= 11 is 0. The Kier molecular flexibility index (Phi) is 21.9. The SMILES string of the molecule is CC(C)(C)[C@H](c1cc(-c2cc(F)ccc2F)cn1Cc1ccccc1)N(CCCN)C(=O)CC(OC(=O)C(F)(F)F)C(=O)NCCOCCOCCOCCOCCNC(=O)CN1C(=O)C=CC1=O. The van der Waals surface area contributed by atoms with Gasteiger partial charge in [-0.25, -0.2) is 13.6 Å². The summed E-state index contributed by atoms with van der Waals surface area (Å²) < 4.78 is 98.2. The first kappa shape index (κ1) is 55.5. The molecule has 2 aromatic carbocycles. The van der Waals surface area contributed by atoms with Crippen LogP contribution >= 0.6 is 0 Å². The quantitative estimate of drug-likeness (QED) is 0.0393. The second-order valence-corrected chi connectivity index (χ2v) is 16.7. The van der Waals surface area contributed by atoms with Crippen molar-refractivity contribution in [3.8, 4) is 11.1 Å². The molecule has 0 spiro atoms. The van der Waals surface area contributed by atoms with Gasteiger partial charge in [0, 0.05) is 61.3 Å². The van der Waals surface area contributed by atoms with E-state index < -0.39 is 77.3 Å². The van der Waals surface area contributed by atoms with Crippen LogP contribution in [0.5, 0.6) is 0 Å². The number of esters is 1. The largest absolute Gasteiger partial charge is 0.490 e. The van der Waals surface area contributed by atoms with Gasteiger partial charge in [-0.05, 0) is 48.2 Å². The number of ether oxygens (including phenoxy) is 5. The third-order valence-electron chi connectivity index (χ3n) is 10.3. The fraction of sp³-hybridized carbons (Fsp3) is 0.489. The summed E-state index contributed by atoms with van der Waals surface area (Å²) in [4.78, 5) is 77.0. The second kappa shape index (κ2) is 27.2. The number of carbonyl (C=O) groups excluding carboxylic acids is 6. The molecule has 0 saturated heterocycles. The van der Waals surface area contributed by atoms with Crippen LogP contribution in [0.3, 0.4) is 0 Å². The molecule has 4 rings (SSSR count). The molecule has 2 heterocycles. The summed E-state index contributed by atoms with van der Waals surface area (Å²) in [5, 5.41) is 4.90. The average Bonchev–Trinajstić information content (AvgIpc) is 3.84. The number of nitrogens with one attached hydrogen (secondary N) is 2. The van der Waals surface area contributed by atoms with E-state index in [9.17, 15) is 46.3 Å². The molecule has 0 fully saturated rings. The molecular weight excluding hydrogens is 920 g/mol. The molecule has 1 aliphatic heterocycles. The normalized spacial score (nSPS) is 13.7. The third kappa shape index (κ3) is 18.1. The standard InChI is InChI=1S/C47H59F5N6O11/c1-46(2,3)43(37-26-33(35-27-34(48)10-11-36(35)49)30-56(37)29-32-8-5-4-6-9-32)57(17-7-14-53)42(62)28-38(69-45(64)47(50,51)52)44(63)55-16-19-66-21-23-68-25-24-67-22-20-65-18-15-54-39(59)31-58-40(60)12-13-41(58)61/h4-6,8-13,26-27,30,38,43H,7,14-25,28-29,31,53H2,1-3H3,(H,54,59)(H,55,63)/t38?,43-/m0/s1. The highest BCUT2D eigenvalue weighted by Gasteiger charge is 2.45. The zero-order valence-electron chi connectivity index (χ0n) is 38.7. The number of benzene rings is 2. The summed E-state index contributed by atoms with van der Waals surface area (Å²) in [7, 11) is 0. The number of rotatable bonds is 29.